The van der Waals surface area contributed by atoms with E-state index in [1.165, 1.54) is 0 Å². The summed E-state index contributed by atoms with van der Waals surface area (Å²) in [6.07, 6.45) is 0. The molecule has 0 fully saturated rings. The Bertz CT molecular complexity index is 1100. The van der Waals surface area contributed by atoms with Crippen molar-refractivity contribution in [2.45, 2.75) is 25.4 Å². The minimum atomic E-state index is -0.984. The number of carbonyl (C=O) groups is 1. The van der Waals surface area contributed by atoms with Gasteiger partial charge in [0, 0.05) is 21.9 Å². The Morgan fingerprint density at radius 3 is 2.75 bits per heavy atom. The predicted molar refractivity (Wildman–Crippen MR) is 110 cm³/mol. The summed E-state index contributed by atoms with van der Waals surface area (Å²) in [6.45, 7) is 4.07. The topological polar surface area (TPSA) is 73.2 Å². The first-order chi connectivity index (χ1) is 13.5. The number of rotatable bonds is 4. The first kappa shape index (κ1) is 18.4. The SMILES string of the molecule is COc1cccc(C(=O)Nc2c3c(nn2-c2cccc(C)c2C)C[S@@](=O)C3)c1. The van der Waals surface area contributed by atoms with Gasteiger partial charge in [0.05, 0.1) is 30.0 Å². The molecule has 0 saturated heterocycles. The van der Waals surface area contributed by atoms with Crippen molar-refractivity contribution in [2.75, 3.05) is 12.4 Å². The van der Waals surface area contributed by atoms with Crippen molar-refractivity contribution in [2.24, 2.45) is 0 Å². The third kappa shape index (κ3) is 3.22. The fraction of sp³-hybridized carbons (Fsp3) is 0.238. The summed E-state index contributed by atoms with van der Waals surface area (Å²) in [6, 6.07) is 13.0. The monoisotopic (exact) mass is 395 g/mol. The number of anilines is 1. The molecule has 0 bridgehead atoms. The molecule has 1 atom stereocenters. The van der Waals surface area contributed by atoms with Gasteiger partial charge in [-0.1, -0.05) is 18.2 Å². The zero-order valence-electron chi connectivity index (χ0n) is 16.0. The summed E-state index contributed by atoms with van der Waals surface area (Å²) in [5.41, 5.74) is 5.24. The lowest BCUT2D eigenvalue weighted by molar-refractivity contribution is 0.102. The average molecular weight is 395 g/mol. The highest BCUT2D eigenvalue weighted by atomic mass is 32.2. The Balaban J connectivity index is 1.78. The van der Waals surface area contributed by atoms with Gasteiger partial charge < -0.3 is 10.1 Å². The molecule has 0 radical (unpaired) electrons. The van der Waals surface area contributed by atoms with Gasteiger partial charge in [-0.25, -0.2) is 4.68 Å². The van der Waals surface area contributed by atoms with Crippen LogP contribution in [-0.2, 0) is 22.3 Å². The zero-order chi connectivity index (χ0) is 19.8. The maximum absolute atomic E-state index is 12.9. The summed E-state index contributed by atoms with van der Waals surface area (Å²) in [4.78, 5) is 12.9. The normalized spacial score (nSPS) is 15.3. The largest absolute Gasteiger partial charge is 0.497 e. The molecule has 1 aliphatic rings. The van der Waals surface area contributed by atoms with Gasteiger partial charge in [-0.05, 0) is 49.2 Å². The van der Waals surface area contributed by atoms with Crippen molar-refractivity contribution in [3.63, 3.8) is 0 Å². The second-order valence-electron chi connectivity index (χ2n) is 6.82. The number of carbonyl (C=O) groups excluding carboxylic acids is 1. The summed E-state index contributed by atoms with van der Waals surface area (Å²) >= 11 is 0. The maximum atomic E-state index is 12.9. The van der Waals surface area contributed by atoms with Gasteiger partial charge in [0.25, 0.3) is 5.91 Å². The van der Waals surface area contributed by atoms with Crippen LogP contribution in [-0.4, -0.2) is 27.0 Å². The lowest BCUT2D eigenvalue weighted by atomic mass is 10.1. The van der Waals surface area contributed by atoms with E-state index in [2.05, 4.69) is 10.4 Å². The lowest BCUT2D eigenvalue weighted by Crippen LogP contribution is -2.17. The highest BCUT2D eigenvalue weighted by Crippen LogP contribution is 2.33. The summed E-state index contributed by atoms with van der Waals surface area (Å²) < 4.78 is 19.0. The van der Waals surface area contributed by atoms with E-state index >= 15 is 0 Å². The summed E-state index contributed by atoms with van der Waals surface area (Å²) in [5, 5.41) is 7.67. The lowest BCUT2D eigenvalue weighted by Gasteiger charge is -2.14. The third-order valence-electron chi connectivity index (χ3n) is 5.04. The fourth-order valence-electron chi connectivity index (χ4n) is 3.34. The van der Waals surface area contributed by atoms with Crippen LogP contribution in [0.5, 0.6) is 5.75 Å². The third-order valence-corrected chi connectivity index (χ3v) is 6.24. The molecule has 2 heterocycles. The molecule has 0 spiro atoms. The first-order valence-corrected chi connectivity index (χ1v) is 10.4. The molecule has 0 unspecified atom stereocenters. The van der Waals surface area contributed by atoms with Gasteiger partial charge in [0.1, 0.15) is 11.6 Å². The first-order valence-electron chi connectivity index (χ1n) is 8.95. The van der Waals surface area contributed by atoms with Crippen LogP contribution >= 0.6 is 0 Å². The van der Waals surface area contributed by atoms with E-state index in [9.17, 15) is 9.00 Å². The number of amides is 1. The van der Waals surface area contributed by atoms with E-state index in [1.807, 2.05) is 32.0 Å². The standard InChI is InChI=1S/C21H21N3O3S/c1-13-6-4-9-19(14(13)2)24-20(17-11-28(26)12-18(17)23-24)22-21(25)15-7-5-8-16(10-15)27-3/h4-10H,11-12H2,1-3H3,(H,22,25)/t28-/m0/s1. The van der Waals surface area contributed by atoms with Gasteiger partial charge >= 0.3 is 0 Å². The number of benzene rings is 2. The Labute approximate surface area is 166 Å². The number of aromatic nitrogens is 2. The van der Waals surface area contributed by atoms with Crippen LogP contribution in [0.2, 0.25) is 0 Å². The predicted octanol–water partition coefficient (Wildman–Crippen LogP) is 3.51. The minimum absolute atomic E-state index is 0.258. The smallest absolute Gasteiger partial charge is 0.256 e. The Kier molecular flexibility index (Phi) is 4.77. The molecule has 4 rings (SSSR count). The van der Waals surface area contributed by atoms with Crippen molar-refractivity contribution in [1.29, 1.82) is 0 Å². The fourth-order valence-corrected chi connectivity index (χ4v) is 4.60. The number of methoxy groups -OCH3 is 1. The molecule has 6 nitrogen and oxygen atoms in total. The molecule has 1 aromatic heterocycles. The van der Waals surface area contributed by atoms with Crippen LogP contribution in [0.3, 0.4) is 0 Å². The van der Waals surface area contributed by atoms with E-state index in [4.69, 9.17) is 4.74 Å². The Hall–Kier alpha value is -2.93. The number of aryl methyl sites for hydroxylation is 1. The highest BCUT2D eigenvalue weighted by Gasteiger charge is 2.29. The number of nitrogens with zero attached hydrogens (tertiary/aromatic N) is 2. The Morgan fingerprint density at radius 1 is 1.18 bits per heavy atom. The van der Waals surface area contributed by atoms with E-state index in [0.29, 0.717) is 28.6 Å². The molecule has 2 aromatic carbocycles. The molecule has 144 valence electrons. The van der Waals surface area contributed by atoms with E-state index in [1.54, 1.807) is 36.1 Å². The molecule has 0 aliphatic carbocycles. The van der Waals surface area contributed by atoms with Gasteiger partial charge in [-0.15, -0.1) is 0 Å². The van der Waals surface area contributed by atoms with Crippen molar-refractivity contribution in [3.05, 3.63) is 70.4 Å². The van der Waals surface area contributed by atoms with Crippen molar-refractivity contribution < 1.29 is 13.7 Å². The van der Waals surface area contributed by atoms with Crippen LogP contribution in [0, 0.1) is 13.8 Å². The van der Waals surface area contributed by atoms with E-state index in [0.717, 1.165) is 28.1 Å². The van der Waals surface area contributed by atoms with E-state index < -0.39 is 10.8 Å². The maximum Gasteiger partial charge on any atom is 0.256 e. The zero-order valence-corrected chi connectivity index (χ0v) is 16.8. The molecule has 28 heavy (non-hydrogen) atoms. The molecule has 7 heteroatoms. The second kappa shape index (κ2) is 7.24. The quantitative estimate of drug-likeness (QED) is 0.734. The molecule has 3 aromatic rings. The number of fused-ring (bicyclic) bond motifs is 1. The van der Waals surface area contributed by atoms with Crippen LogP contribution in [0.4, 0.5) is 5.82 Å². The number of hydrogen-bond acceptors (Lipinski definition) is 4. The Morgan fingerprint density at radius 2 is 1.96 bits per heavy atom. The molecule has 0 saturated carbocycles. The van der Waals surface area contributed by atoms with Crippen LogP contribution in [0.1, 0.15) is 32.7 Å². The average Bonchev–Trinajstić information content (AvgIpc) is 3.21. The van der Waals surface area contributed by atoms with Crippen LogP contribution < -0.4 is 10.1 Å². The number of hydrogen-bond donors (Lipinski definition) is 1. The molecule has 1 amide bonds. The van der Waals surface area contributed by atoms with Crippen molar-refractivity contribution in [3.8, 4) is 11.4 Å². The number of nitrogens with one attached hydrogen (secondary N) is 1. The second-order valence-corrected chi connectivity index (χ2v) is 8.28. The molecule has 1 aliphatic heterocycles. The summed E-state index contributed by atoms with van der Waals surface area (Å²) in [7, 11) is 0.580. The highest BCUT2D eigenvalue weighted by molar-refractivity contribution is 7.83. The van der Waals surface area contributed by atoms with E-state index in [-0.39, 0.29) is 5.91 Å². The molecular weight excluding hydrogens is 374 g/mol. The summed E-state index contributed by atoms with van der Waals surface area (Å²) in [5.74, 6) is 1.75. The van der Waals surface area contributed by atoms with Gasteiger partial charge in [0.15, 0.2) is 0 Å². The van der Waals surface area contributed by atoms with Crippen molar-refractivity contribution >= 4 is 22.5 Å². The van der Waals surface area contributed by atoms with Gasteiger partial charge in [0.2, 0.25) is 0 Å². The van der Waals surface area contributed by atoms with Crippen molar-refractivity contribution in [1.82, 2.24) is 9.78 Å². The molecular formula is C21H21N3O3S. The van der Waals surface area contributed by atoms with Gasteiger partial charge in [-0.2, -0.15) is 5.10 Å². The van der Waals surface area contributed by atoms with Crippen LogP contribution in [0.25, 0.3) is 5.69 Å². The molecule has 1 N–H and O–H groups in total. The minimum Gasteiger partial charge on any atom is -0.497 e. The van der Waals surface area contributed by atoms with Crippen LogP contribution in [0.15, 0.2) is 42.5 Å². The van der Waals surface area contributed by atoms with Gasteiger partial charge in [-0.3, -0.25) is 9.00 Å². The number of ether oxygens (including phenoxy) is 1.